The van der Waals surface area contributed by atoms with Crippen LogP contribution in [0, 0.1) is 11.7 Å². The summed E-state index contributed by atoms with van der Waals surface area (Å²) in [6, 6.07) is 8.29. The largest absolute Gasteiger partial charge is 0.433 e. The van der Waals surface area contributed by atoms with Gasteiger partial charge in [0.25, 0.3) is 5.56 Å². The topological polar surface area (TPSA) is 84.1 Å². The first-order valence-electron chi connectivity index (χ1n) is 11.4. The van der Waals surface area contributed by atoms with Gasteiger partial charge in [0.1, 0.15) is 11.6 Å². The van der Waals surface area contributed by atoms with E-state index in [1.165, 1.54) is 0 Å². The summed E-state index contributed by atoms with van der Waals surface area (Å²) in [5.74, 6) is -3.80. The first-order valence-corrected chi connectivity index (χ1v) is 11.8. The highest BCUT2D eigenvalue weighted by molar-refractivity contribution is 6.30. The van der Waals surface area contributed by atoms with Gasteiger partial charge in [-0.2, -0.15) is 26.3 Å². The predicted molar refractivity (Wildman–Crippen MR) is 125 cm³/mol. The molecule has 4 rings (SSSR count). The Hall–Kier alpha value is -3.45. The second-order valence-electron chi connectivity index (χ2n) is 8.89. The fourth-order valence-corrected chi connectivity index (χ4v) is 4.24. The molecule has 1 heterocycles. The Labute approximate surface area is 221 Å². The Kier molecular flexibility index (Phi) is 8.03. The predicted octanol–water partition coefficient (Wildman–Crippen LogP) is 5.88. The number of nitrogens with one attached hydrogen (secondary N) is 2. The monoisotopic (exact) mass is 577 g/mol. The number of aromatic amines is 1. The summed E-state index contributed by atoms with van der Waals surface area (Å²) in [5.41, 5.74) is -5.81. The fourth-order valence-electron chi connectivity index (χ4n) is 4.03. The SMILES string of the molecule is O=C(NCc1ccc(C(F)(F)F)c(-c2nc(C(F)(F)F)cc(=O)[nH]2)c1F)C1CC(OCc2cccc(Cl)c2)C1. The third kappa shape index (κ3) is 6.77. The molecule has 0 spiro atoms. The number of carbonyl (C=O) groups excluding carboxylic acids is 1. The van der Waals surface area contributed by atoms with Gasteiger partial charge in [-0.1, -0.05) is 29.8 Å². The normalized spacial score (nSPS) is 17.5. The molecule has 2 N–H and O–H groups in total. The van der Waals surface area contributed by atoms with Crippen LogP contribution in [0.2, 0.25) is 5.02 Å². The van der Waals surface area contributed by atoms with Gasteiger partial charge in [0.15, 0.2) is 5.69 Å². The molecule has 208 valence electrons. The summed E-state index contributed by atoms with van der Waals surface area (Å²) in [6.45, 7) is -0.270. The minimum atomic E-state index is -5.18. The van der Waals surface area contributed by atoms with E-state index in [1.807, 2.05) is 6.07 Å². The van der Waals surface area contributed by atoms with Crippen molar-refractivity contribution in [2.24, 2.45) is 5.92 Å². The van der Waals surface area contributed by atoms with E-state index in [9.17, 15) is 35.9 Å². The minimum absolute atomic E-state index is 0.0450. The lowest BCUT2D eigenvalue weighted by Gasteiger charge is -2.34. The van der Waals surface area contributed by atoms with E-state index in [0.717, 1.165) is 11.6 Å². The Morgan fingerprint density at radius 1 is 1.08 bits per heavy atom. The van der Waals surface area contributed by atoms with Crippen LogP contribution in [0.3, 0.4) is 0 Å². The van der Waals surface area contributed by atoms with Crippen molar-refractivity contribution < 1.29 is 40.3 Å². The number of hydrogen-bond donors (Lipinski definition) is 2. The Morgan fingerprint density at radius 3 is 2.44 bits per heavy atom. The van der Waals surface area contributed by atoms with Crippen LogP contribution in [0.15, 0.2) is 47.3 Å². The first kappa shape index (κ1) is 28.6. The smallest absolute Gasteiger partial charge is 0.373 e. The lowest BCUT2D eigenvalue weighted by molar-refractivity contribution is -0.141. The van der Waals surface area contributed by atoms with Gasteiger partial charge in [-0.05, 0) is 36.6 Å². The molecule has 1 aliphatic carbocycles. The molecule has 0 saturated heterocycles. The summed E-state index contributed by atoms with van der Waals surface area (Å²) < 4.78 is 101. The van der Waals surface area contributed by atoms with Crippen LogP contribution in [0.5, 0.6) is 0 Å². The molecule has 39 heavy (non-hydrogen) atoms. The summed E-state index contributed by atoms with van der Waals surface area (Å²) in [7, 11) is 0. The van der Waals surface area contributed by atoms with Crippen LogP contribution < -0.4 is 10.9 Å². The molecule has 0 bridgehead atoms. The number of benzene rings is 2. The van der Waals surface area contributed by atoms with E-state index in [-0.39, 0.29) is 18.8 Å². The van der Waals surface area contributed by atoms with Crippen LogP contribution in [0.1, 0.15) is 35.2 Å². The molecule has 6 nitrogen and oxygen atoms in total. The third-order valence-corrected chi connectivity index (χ3v) is 6.32. The molecule has 1 fully saturated rings. The minimum Gasteiger partial charge on any atom is -0.373 e. The van der Waals surface area contributed by atoms with Gasteiger partial charge in [-0.25, -0.2) is 9.37 Å². The van der Waals surface area contributed by atoms with Crippen LogP contribution in [-0.2, 0) is 35.0 Å². The number of nitrogens with zero attached hydrogens (tertiary/aromatic N) is 1. The molecule has 1 aliphatic rings. The van der Waals surface area contributed by atoms with E-state index in [0.29, 0.717) is 23.9 Å². The standard InChI is InChI=1S/C25H19ClF7N3O3/c26-15-3-1-2-12(6-15)11-39-16-7-14(8-16)23(38)34-10-13-4-5-17(24(28,29)30)20(21(13)27)22-35-18(25(31,32)33)9-19(37)36-22/h1-6,9,14,16H,7-8,10-11H2,(H,34,38)(H,35,36,37). The zero-order chi connectivity index (χ0) is 28.5. The molecule has 1 saturated carbocycles. The van der Waals surface area contributed by atoms with Crippen molar-refractivity contribution in [1.82, 2.24) is 15.3 Å². The van der Waals surface area contributed by atoms with E-state index >= 15 is 4.39 Å². The molecule has 2 aromatic carbocycles. The number of halogens is 8. The van der Waals surface area contributed by atoms with Gasteiger partial charge >= 0.3 is 12.4 Å². The van der Waals surface area contributed by atoms with Crippen molar-refractivity contribution in [1.29, 1.82) is 0 Å². The van der Waals surface area contributed by atoms with Crippen molar-refractivity contribution in [2.75, 3.05) is 0 Å². The van der Waals surface area contributed by atoms with Gasteiger partial charge in [-0.3, -0.25) is 9.59 Å². The van der Waals surface area contributed by atoms with Gasteiger partial charge in [0.2, 0.25) is 5.91 Å². The molecule has 0 unspecified atom stereocenters. The number of carbonyl (C=O) groups is 1. The third-order valence-electron chi connectivity index (χ3n) is 6.09. The van der Waals surface area contributed by atoms with Gasteiger partial charge in [-0.15, -0.1) is 0 Å². The number of H-pyrrole nitrogens is 1. The van der Waals surface area contributed by atoms with Crippen molar-refractivity contribution in [3.05, 3.63) is 86.0 Å². The van der Waals surface area contributed by atoms with Gasteiger partial charge in [0.05, 0.1) is 23.8 Å². The molecule has 0 aliphatic heterocycles. The van der Waals surface area contributed by atoms with Gasteiger partial charge in [0, 0.05) is 29.1 Å². The van der Waals surface area contributed by atoms with Crippen LogP contribution >= 0.6 is 11.6 Å². The average Bonchev–Trinajstić information content (AvgIpc) is 2.80. The zero-order valence-corrected chi connectivity index (χ0v) is 20.5. The number of rotatable bonds is 7. The number of aromatic nitrogens is 2. The maximum Gasteiger partial charge on any atom is 0.433 e. The number of hydrogen-bond acceptors (Lipinski definition) is 4. The van der Waals surface area contributed by atoms with E-state index in [4.69, 9.17) is 16.3 Å². The second-order valence-corrected chi connectivity index (χ2v) is 9.32. The highest BCUT2D eigenvalue weighted by Gasteiger charge is 2.39. The summed E-state index contributed by atoms with van der Waals surface area (Å²) in [5, 5.41) is 2.97. The fraction of sp³-hybridized carbons (Fsp3) is 0.320. The lowest BCUT2D eigenvalue weighted by Crippen LogP contribution is -2.42. The Morgan fingerprint density at radius 2 is 1.79 bits per heavy atom. The molecular weight excluding hydrogens is 559 g/mol. The van der Waals surface area contributed by atoms with Crippen molar-refractivity contribution in [3.8, 4) is 11.4 Å². The van der Waals surface area contributed by atoms with E-state index in [2.05, 4.69) is 10.3 Å². The Bertz CT molecular complexity index is 1430. The quantitative estimate of drug-likeness (QED) is 0.344. The highest BCUT2D eigenvalue weighted by Crippen LogP contribution is 2.39. The van der Waals surface area contributed by atoms with Crippen LogP contribution in [0.25, 0.3) is 11.4 Å². The molecule has 1 amide bonds. The maximum absolute atomic E-state index is 15.3. The molecule has 0 radical (unpaired) electrons. The van der Waals surface area contributed by atoms with Crippen LogP contribution in [-0.4, -0.2) is 22.0 Å². The first-order chi connectivity index (χ1) is 18.2. The molecule has 0 atom stereocenters. The molecule has 3 aromatic rings. The summed E-state index contributed by atoms with van der Waals surface area (Å²) in [4.78, 5) is 29.0. The molecule has 14 heteroatoms. The Balaban J connectivity index is 1.46. The van der Waals surface area contributed by atoms with Crippen LogP contribution in [0.4, 0.5) is 30.7 Å². The van der Waals surface area contributed by atoms with Crippen molar-refractivity contribution in [3.63, 3.8) is 0 Å². The number of alkyl halides is 6. The highest BCUT2D eigenvalue weighted by atomic mass is 35.5. The van der Waals surface area contributed by atoms with Crippen molar-refractivity contribution >= 4 is 17.5 Å². The molecular formula is C25H19ClF7N3O3. The summed E-state index contributed by atoms with van der Waals surface area (Å²) in [6.07, 6.45) is -9.83. The average molecular weight is 578 g/mol. The maximum atomic E-state index is 15.3. The lowest BCUT2D eigenvalue weighted by atomic mass is 9.81. The van der Waals surface area contributed by atoms with E-state index in [1.54, 1.807) is 23.2 Å². The number of ether oxygens (including phenoxy) is 1. The summed E-state index contributed by atoms with van der Waals surface area (Å²) >= 11 is 5.92. The molecule has 1 aromatic heterocycles. The van der Waals surface area contributed by atoms with Gasteiger partial charge < -0.3 is 15.0 Å². The van der Waals surface area contributed by atoms with E-state index < -0.39 is 70.3 Å². The van der Waals surface area contributed by atoms with Crippen molar-refractivity contribution in [2.45, 2.75) is 44.4 Å². The second kappa shape index (κ2) is 11.0. The number of amides is 1. The zero-order valence-electron chi connectivity index (χ0n) is 19.7.